The molecule has 1 aliphatic heterocycles. The standard InChI is InChI=1S/C15H23N3O2.ClH/c1-3-20-14-7-5-4-6-13(14)17-15(19)11-18-9-8-16-10-12(18)2;/h4-7,12,16H,3,8-11H2,1-2H3,(H,17,19);1H/t12-;/m0./s1. The summed E-state index contributed by atoms with van der Waals surface area (Å²) < 4.78 is 5.51. The maximum absolute atomic E-state index is 12.2. The van der Waals surface area contributed by atoms with Gasteiger partial charge in [-0.05, 0) is 26.0 Å². The predicted molar refractivity (Wildman–Crippen MR) is 87.4 cm³/mol. The Morgan fingerprint density at radius 2 is 2.24 bits per heavy atom. The molecule has 6 heteroatoms. The van der Waals surface area contributed by atoms with Gasteiger partial charge >= 0.3 is 0 Å². The van der Waals surface area contributed by atoms with Crippen molar-refractivity contribution in [3.8, 4) is 5.75 Å². The number of rotatable bonds is 5. The molecule has 0 spiro atoms. The van der Waals surface area contributed by atoms with Crippen LogP contribution in [0.3, 0.4) is 0 Å². The molecule has 1 heterocycles. The monoisotopic (exact) mass is 313 g/mol. The average molecular weight is 314 g/mol. The molecule has 5 nitrogen and oxygen atoms in total. The second-order valence-electron chi connectivity index (χ2n) is 5.00. The van der Waals surface area contributed by atoms with E-state index in [1.807, 2.05) is 31.2 Å². The third-order valence-electron chi connectivity index (χ3n) is 3.45. The first-order valence-electron chi connectivity index (χ1n) is 7.17. The summed E-state index contributed by atoms with van der Waals surface area (Å²) in [6.07, 6.45) is 0. The van der Waals surface area contributed by atoms with E-state index in [9.17, 15) is 4.79 Å². The molecule has 0 saturated carbocycles. The summed E-state index contributed by atoms with van der Waals surface area (Å²) in [6, 6.07) is 7.91. The fraction of sp³-hybridized carbons (Fsp3) is 0.533. The van der Waals surface area contributed by atoms with Crippen LogP contribution in [0.25, 0.3) is 0 Å². The van der Waals surface area contributed by atoms with Crippen molar-refractivity contribution in [2.45, 2.75) is 19.9 Å². The molecule has 2 N–H and O–H groups in total. The molecule has 1 saturated heterocycles. The zero-order valence-corrected chi connectivity index (χ0v) is 13.4. The lowest BCUT2D eigenvalue weighted by Crippen LogP contribution is -2.51. The van der Waals surface area contributed by atoms with Crippen LogP contribution in [-0.4, -0.2) is 49.6 Å². The molecule has 1 fully saturated rings. The van der Waals surface area contributed by atoms with Crippen LogP contribution in [-0.2, 0) is 4.79 Å². The third kappa shape index (κ3) is 5.19. The minimum atomic E-state index is 0. The van der Waals surface area contributed by atoms with Crippen molar-refractivity contribution in [1.29, 1.82) is 0 Å². The zero-order valence-electron chi connectivity index (χ0n) is 12.6. The SMILES string of the molecule is CCOc1ccccc1NC(=O)CN1CCNC[C@@H]1C.Cl. The molecule has 0 aliphatic carbocycles. The number of carbonyl (C=O) groups excluding carboxylic acids is 1. The number of hydrogen-bond donors (Lipinski definition) is 2. The van der Waals surface area contributed by atoms with Crippen molar-refractivity contribution in [3.63, 3.8) is 0 Å². The lowest BCUT2D eigenvalue weighted by atomic mass is 10.2. The Balaban J connectivity index is 0.00000220. The number of nitrogens with one attached hydrogen (secondary N) is 2. The zero-order chi connectivity index (χ0) is 14.4. The van der Waals surface area contributed by atoms with Gasteiger partial charge in [0.25, 0.3) is 0 Å². The molecule has 1 aromatic carbocycles. The second kappa shape index (κ2) is 8.87. The minimum absolute atomic E-state index is 0. The van der Waals surface area contributed by atoms with Crippen molar-refractivity contribution in [3.05, 3.63) is 24.3 Å². The Morgan fingerprint density at radius 3 is 2.95 bits per heavy atom. The summed E-state index contributed by atoms with van der Waals surface area (Å²) in [5, 5.41) is 6.26. The van der Waals surface area contributed by atoms with Crippen LogP contribution >= 0.6 is 12.4 Å². The first-order chi connectivity index (χ1) is 9.70. The molecule has 2 rings (SSSR count). The van der Waals surface area contributed by atoms with Gasteiger partial charge in [-0.2, -0.15) is 0 Å². The quantitative estimate of drug-likeness (QED) is 0.869. The molecule has 0 bridgehead atoms. The molecule has 0 aromatic heterocycles. The Labute approximate surface area is 132 Å². The van der Waals surface area contributed by atoms with E-state index in [1.54, 1.807) is 0 Å². The van der Waals surface area contributed by atoms with E-state index in [0.717, 1.165) is 31.1 Å². The molecule has 0 radical (unpaired) electrons. The summed E-state index contributed by atoms with van der Waals surface area (Å²) in [6.45, 7) is 7.84. The Hall–Kier alpha value is -1.30. The Kier molecular flexibility index (Phi) is 7.50. The normalized spacial score (nSPS) is 18.7. The summed E-state index contributed by atoms with van der Waals surface area (Å²) in [5.74, 6) is 0.725. The van der Waals surface area contributed by atoms with Gasteiger partial charge in [0, 0.05) is 25.7 Å². The van der Waals surface area contributed by atoms with E-state index in [1.165, 1.54) is 0 Å². The van der Waals surface area contributed by atoms with Gasteiger partial charge in [-0.25, -0.2) is 0 Å². The number of benzene rings is 1. The van der Waals surface area contributed by atoms with Gasteiger partial charge in [0.05, 0.1) is 18.8 Å². The van der Waals surface area contributed by atoms with Crippen molar-refractivity contribution in [2.24, 2.45) is 0 Å². The smallest absolute Gasteiger partial charge is 0.238 e. The Bertz CT molecular complexity index is 456. The molecule has 1 aromatic rings. The Morgan fingerprint density at radius 1 is 1.48 bits per heavy atom. The van der Waals surface area contributed by atoms with Gasteiger partial charge in [0.15, 0.2) is 0 Å². The van der Waals surface area contributed by atoms with Gasteiger partial charge in [-0.15, -0.1) is 12.4 Å². The van der Waals surface area contributed by atoms with E-state index < -0.39 is 0 Å². The van der Waals surface area contributed by atoms with Gasteiger partial charge in [0.2, 0.25) is 5.91 Å². The van der Waals surface area contributed by atoms with E-state index in [2.05, 4.69) is 22.5 Å². The van der Waals surface area contributed by atoms with Crippen molar-refractivity contribution in [1.82, 2.24) is 10.2 Å². The lowest BCUT2D eigenvalue weighted by molar-refractivity contribution is -0.118. The van der Waals surface area contributed by atoms with Crippen molar-refractivity contribution < 1.29 is 9.53 Å². The highest BCUT2D eigenvalue weighted by Crippen LogP contribution is 2.23. The summed E-state index contributed by atoms with van der Waals surface area (Å²) in [4.78, 5) is 14.3. The number of carbonyl (C=O) groups is 1. The summed E-state index contributed by atoms with van der Waals surface area (Å²) in [5.41, 5.74) is 0.738. The van der Waals surface area contributed by atoms with Crippen LogP contribution in [0.5, 0.6) is 5.75 Å². The molecule has 1 amide bonds. The number of hydrogen-bond acceptors (Lipinski definition) is 4. The topological polar surface area (TPSA) is 53.6 Å². The number of para-hydroxylation sites is 2. The minimum Gasteiger partial charge on any atom is -0.492 e. The van der Waals surface area contributed by atoms with Crippen LogP contribution in [0.4, 0.5) is 5.69 Å². The number of halogens is 1. The largest absolute Gasteiger partial charge is 0.492 e. The fourth-order valence-corrected chi connectivity index (χ4v) is 2.34. The van der Waals surface area contributed by atoms with Gasteiger partial charge in [-0.3, -0.25) is 9.69 Å². The van der Waals surface area contributed by atoms with Crippen LogP contribution in [0.1, 0.15) is 13.8 Å². The first-order valence-corrected chi connectivity index (χ1v) is 7.17. The molecule has 1 aliphatic rings. The van der Waals surface area contributed by atoms with Crippen molar-refractivity contribution in [2.75, 3.05) is 38.1 Å². The molecular formula is C15H24ClN3O2. The number of piperazine rings is 1. The summed E-state index contributed by atoms with van der Waals surface area (Å²) >= 11 is 0. The van der Waals surface area contributed by atoms with Gasteiger partial charge < -0.3 is 15.4 Å². The average Bonchev–Trinajstić information content (AvgIpc) is 2.44. The highest BCUT2D eigenvalue weighted by molar-refractivity contribution is 5.93. The van der Waals surface area contributed by atoms with Crippen LogP contribution in [0.15, 0.2) is 24.3 Å². The van der Waals surface area contributed by atoms with E-state index >= 15 is 0 Å². The maximum atomic E-state index is 12.2. The highest BCUT2D eigenvalue weighted by Gasteiger charge is 2.20. The van der Waals surface area contributed by atoms with Gasteiger partial charge in [0.1, 0.15) is 5.75 Å². The first kappa shape index (κ1) is 17.8. The maximum Gasteiger partial charge on any atom is 0.238 e. The second-order valence-corrected chi connectivity index (χ2v) is 5.00. The third-order valence-corrected chi connectivity index (χ3v) is 3.45. The fourth-order valence-electron chi connectivity index (χ4n) is 2.34. The van der Waals surface area contributed by atoms with Gasteiger partial charge in [-0.1, -0.05) is 12.1 Å². The highest BCUT2D eigenvalue weighted by atomic mass is 35.5. The van der Waals surface area contributed by atoms with E-state index in [0.29, 0.717) is 19.2 Å². The molecule has 0 unspecified atom stereocenters. The number of nitrogens with zero attached hydrogens (tertiary/aromatic N) is 1. The van der Waals surface area contributed by atoms with Crippen LogP contribution in [0.2, 0.25) is 0 Å². The van der Waals surface area contributed by atoms with Crippen LogP contribution < -0.4 is 15.4 Å². The van der Waals surface area contributed by atoms with E-state index in [-0.39, 0.29) is 18.3 Å². The van der Waals surface area contributed by atoms with E-state index in [4.69, 9.17) is 4.74 Å². The number of amides is 1. The molecule has 118 valence electrons. The van der Waals surface area contributed by atoms with Crippen molar-refractivity contribution >= 4 is 24.0 Å². The molecule has 1 atom stereocenters. The molecule has 21 heavy (non-hydrogen) atoms. The van der Waals surface area contributed by atoms with Crippen LogP contribution in [0, 0.1) is 0 Å². The summed E-state index contributed by atoms with van der Waals surface area (Å²) in [7, 11) is 0. The predicted octanol–water partition coefficient (Wildman–Crippen LogP) is 1.74. The lowest BCUT2D eigenvalue weighted by Gasteiger charge is -2.33. The number of ether oxygens (including phenoxy) is 1. The molecular weight excluding hydrogens is 290 g/mol. The number of anilines is 1.